The largest absolute Gasteiger partial charge is 0.481 e. The number of nitrogens with one attached hydrogen (secondary N) is 1. The molecule has 1 saturated heterocycles. The lowest BCUT2D eigenvalue weighted by molar-refractivity contribution is -0.128. The van der Waals surface area contributed by atoms with Crippen molar-refractivity contribution in [2.75, 3.05) is 14.2 Å². The molecular weight excluding hydrogens is 310 g/mol. The molecule has 1 atom stereocenters. The third-order valence-electron chi connectivity index (χ3n) is 4.30. The Morgan fingerprint density at radius 3 is 2.87 bits per heavy atom. The molecule has 3 heterocycles. The molecule has 2 aromatic rings. The topological polar surface area (TPSA) is 66.3 Å². The van der Waals surface area contributed by atoms with Crippen molar-refractivity contribution >= 4 is 23.1 Å². The van der Waals surface area contributed by atoms with Crippen LogP contribution < -0.4 is 4.74 Å². The summed E-state index contributed by atoms with van der Waals surface area (Å²) in [5, 5.41) is 10.1. The van der Waals surface area contributed by atoms with Crippen molar-refractivity contribution in [3.05, 3.63) is 34.5 Å². The minimum atomic E-state index is -0.317. The summed E-state index contributed by atoms with van der Waals surface area (Å²) < 4.78 is 5.17. The highest BCUT2D eigenvalue weighted by atomic mass is 32.1. The van der Waals surface area contributed by atoms with E-state index >= 15 is 0 Å². The highest BCUT2D eigenvalue weighted by Crippen LogP contribution is 2.41. The molecule has 0 aromatic carbocycles. The lowest BCUT2D eigenvalue weighted by Crippen LogP contribution is -2.46. The molecule has 1 aliphatic rings. The molecule has 1 fully saturated rings. The first-order chi connectivity index (χ1) is 10.9. The van der Waals surface area contributed by atoms with Gasteiger partial charge in [0.15, 0.2) is 0 Å². The zero-order valence-corrected chi connectivity index (χ0v) is 14.2. The minimum Gasteiger partial charge on any atom is -0.481 e. The number of ether oxygens (including phenoxy) is 1. The maximum absolute atomic E-state index is 12.1. The van der Waals surface area contributed by atoms with E-state index in [-0.39, 0.29) is 11.3 Å². The summed E-state index contributed by atoms with van der Waals surface area (Å²) in [6.07, 6.45) is 0.998. The van der Waals surface area contributed by atoms with E-state index in [1.54, 1.807) is 25.5 Å². The molecule has 0 unspecified atom stereocenters. The number of amides is 1. The molecule has 0 aliphatic carbocycles. The van der Waals surface area contributed by atoms with E-state index in [4.69, 9.17) is 10.1 Å². The standard InChI is InChI=1S/C17H19N3O2S/c1-17(8-14(18)20(2)16(21)9-17)13-7-11(10-23-13)12-5-4-6-15(19-12)22-3/h4-7,10,18H,8-9H2,1-3H3/t17-/m0/s1. The van der Waals surface area contributed by atoms with E-state index in [1.807, 2.05) is 18.2 Å². The zero-order chi connectivity index (χ0) is 16.6. The van der Waals surface area contributed by atoms with Crippen LogP contribution in [0.1, 0.15) is 24.6 Å². The van der Waals surface area contributed by atoms with Gasteiger partial charge in [0.25, 0.3) is 0 Å². The van der Waals surface area contributed by atoms with Crippen LogP contribution in [-0.2, 0) is 10.2 Å². The normalized spacial score (nSPS) is 21.6. The monoisotopic (exact) mass is 329 g/mol. The average molecular weight is 329 g/mol. The Kier molecular flexibility index (Phi) is 3.93. The van der Waals surface area contributed by atoms with Crippen LogP contribution in [0, 0.1) is 5.41 Å². The first-order valence-corrected chi connectivity index (χ1v) is 8.25. The number of nitrogens with zero attached hydrogens (tertiary/aromatic N) is 2. The SMILES string of the molecule is COc1cccc(-c2csc([C@@]3(C)CC(=N)N(C)C(=O)C3)c2)n1. The molecule has 1 aliphatic heterocycles. The number of pyridine rings is 1. The molecule has 23 heavy (non-hydrogen) atoms. The fourth-order valence-electron chi connectivity index (χ4n) is 2.80. The molecule has 3 rings (SSSR count). The number of likely N-dealkylation sites (tertiary alicyclic amines) is 1. The van der Waals surface area contributed by atoms with Gasteiger partial charge in [-0.25, -0.2) is 4.98 Å². The minimum absolute atomic E-state index is 0.00166. The molecule has 1 amide bonds. The van der Waals surface area contributed by atoms with Gasteiger partial charge >= 0.3 is 0 Å². The Morgan fingerprint density at radius 1 is 1.39 bits per heavy atom. The predicted molar refractivity (Wildman–Crippen MR) is 91.2 cm³/mol. The summed E-state index contributed by atoms with van der Waals surface area (Å²) in [6.45, 7) is 2.06. The summed E-state index contributed by atoms with van der Waals surface area (Å²) in [6, 6.07) is 7.75. The third-order valence-corrected chi connectivity index (χ3v) is 5.54. The van der Waals surface area contributed by atoms with E-state index in [0.717, 1.165) is 16.1 Å². The Bertz CT molecular complexity index is 751. The summed E-state index contributed by atoms with van der Waals surface area (Å²) in [7, 11) is 3.27. The Morgan fingerprint density at radius 2 is 2.17 bits per heavy atom. The molecule has 1 N–H and O–H groups in total. The number of methoxy groups -OCH3 is 1. The number of aromatic nitrogens is 1. The number of hydrogen-bond donors (Lipinski definition) is 1. The van der Waals surface area contributed by atoms with Gasteiger partial charge in [-0.15, -0.1) is 11.3 Å². The third kappa shape index (κ3) is 2.86. The van der Waals surface area contributed by atoms with Crippen LogP contribution in [0.2, 0.25) is 0 Å². The average Bonchev–Trinajstić information content (AvgIpc) is 3.03. The summed E-state index contributed by atoms with van der Waals surface area (Å²) in [4.78, 5) is 19.1. The van der Waals surface area contributed by atoms with Gasteiger partial charge in [0.05, 0.1) is 12.8 Å². The van der Waals surface area contributed by atoms with Gasteiger partial charge in [-0.3, -0.25) is 10.2 Å². The molecule has 120 valence electrons. The highest BCUT2D eigenvalue weighted by molar-refractivity contribution is 7.10. The Labute approximate surface area is 139 Å². The molecule has 0 bridgehead atoms. The van der Waals surface area contributed by atoms with Crippen LogP contribution >= 0.6 is 11.3 Å². The second-order valence-corrected chi connectivity index (χ2v) is 6.99. The van der Waals surface area contributed by atoms with Crippen molar-refractivity contribution in [3.8, 4) is 17.1 Å². The molecule has 0 spiro atoms. The number of amidine groups is 1. The van der Waals surface area contributed by atoms with Crippen LogP contribution in [0.5, 0.6) is 5.88 Å². The van der Waals surface area contributed by atoms with Gasteiger partial charge in [-0.1, -0.05) is 13.0 Å². The van der Waals surface area contributed by atoms with Crippen LogP contribution in [-0.4, -0.2) is 35.8 Å². The van der Waals surface area contributed by atoms with Crippen molar-refractivity contribution in [2.45, 2.75) is 25.2 Å². The maximum atomic E-state index is 12.1. The van der Waals surface area contributed by atoms with Crippen LogP contribution in [0.25, 0.3) is 11.3 Å². The second-order valence-electron chi connectivity index (χ2n) is 6.08. The smallest absolute Gasteiger partial charge is 0.228 e. The van der Waals surface area contributed by atoms with E-state index in [1.165, 1.54) is 4.90 Å². The summed E-state index contributed by atoms with van der Waals surface area (Å²) in [5.41, 5.74) is 1.55. The van der Waals surface area contributed by atoms with Gasteiger partial charge in [0.1, 0.15) is 5.84 Å². The van der Waals surface area contributed by atoms with Crippen LogP contribution in [0.3, 0.4) is 0 Å². The lowest BCUT2D eigenvalue weighted by Gasteiger charge is -2.36. The number of thiophene rings is 1. The van der Waals surface area contributed by atoms with Crippen LogP contribution in [0.4, 0.5) is 0 Å². The first kappa shape index (κ1) is 15.7. The molecule has 0 radical (unpaired) electrons. The number of rotatable bonds is 3. The molecule has 2 aromatic heterocycles. The zero-order valence-electron chi connectivity index (χ0n) is 13.4. The van der Waals surface area contributed by atoms with E-state index in [9.17, 15) is 4.79 Å². The molecular formula is C17H19N3O2S. The number of hydrogen-bond acceptors (Lipinski definition) is 5. The van der Waals surface area contributed by atoms with Gasteiger partial charge in [-0.05, 0) is 12.1 Å². The van der Waals surface area contributed by atoms with Gasteiger partial charge in [0, 0.05) is 47.2 Å². The molecule has 5 nitrogen and oxygen atoms in total. The van der Waals surface area contributed by atoms with Crippen LogP contribution in [0.15, 0.2) is 29.6 Å². The van der Waals surface area contributed by atoms with Gasteiger partial charge in [0.2, 0.25) is 11.8 Å². The predicted octanol–water partition coefficient (Wildman–Crippen LogP) is 3.31. The van der Waals surface area contributed by atoms with Crippen molar-refractivity contribution in [1.82, 2.24) is 9.88 Å². The van der Waals surface area contributed by atoms with Crippen molar-refractivity contribution in [3.63, 3.8) is 0 Å². The van der Waals surface area contributed by atoms with Gasteiger partial charge in [-0.2, -0.15) is 0 Å². The Balaban J connectivity index is 1.92. The number of piperidine rings is 1. The van der Waals surface area contributed by atoms with E-state index < -0.39 is 0 Å². The van der Waals surface area contributed by atoms with Gasteiger partial charge < -0.3 is 9.64 Å². The van der Waals surface area contributed by atoms with E-state index in [0.29, 0.717) is 24.6 Å². The summed E-state index contributed by atoms with van der Waals surface area (Å²) >= 11 is 1.62. The van der Waals surface area contributed by atoms with Crippen molar-refractivity contribution in [2.24, 2.45) is 0 Å². The first-order valence-electron chi connectivity index (χ1n) is 7.37. The van der Waals surface area contributed by atoms with Crippen molar-refractivity contribution in [1.29, 1.82) is 5.41 Å². The molecule has 0 saturated carbocycles. The lowest BCUT2D eigenvalue weighted by atomic mass is 9.78. The summed E-state index contributed by atoms with van der Waals surface area (Å²) in [5.74, 6) is 0.953. The molecule has 6 heteroatoms. The Hall–Kier alpha value is -2.21. The quantitative estimate of drug-likeness (QED) is 0.939. The fraction of sp³-hybridized carbons (Fsp3) is 0.353. The second kappa shape index (κ2) is 5.77. The van der Waals surface area contributed by atoms with Crippen molar-refractivity contribution < 1.29 is 9.53 Å². The van der Waals surface area contributed by atoms with E-state index in [2.05, 4.69) is 23.4 Å². The maximum Gasteiger partial charge on any atom is 0.228 e. The fourth-order valence-corrected chi connectivity index (χ4v) is 3.87. The number of carbonyl (C=O) groups excluding carboxylic acids is 1. The number of carbonyl (C=O) groups is 1. The highest BCUT2D eigenvalue weighted by Gasteiger charge is 2.39.